The van der Waals surface area contributed by atoms with Crippen LogP contribution in [-0.4, -0.2) is 6.54 Å². The Morgan fingerprint density at radius 3 is 2.56 bits per heavy atom. The van der Waals surface area contributed by atoms with Crippen LogP contribution in [0.4, 0.5) is 0 Å². The van der Waals surface area contributed by atoms with Gasteiger partial charge in [0.2, 0.25) is 0 Å². The summed E-state index contributed by atoms with van der Waals surface area (Å²) < 4.78 is 0. The second-order valence-electron chi connectivity index (χ2n) is 4.98. The first-order valence-electron chi connectivity index (χ1n) is 7.18. The molecule has 2 heteroatoms. The number of aryl methyl sites for hydroxylation is 1. The number of hydrogen-bond acceptors (Lipinski definition) is 1. The van der Waals surface area contributed by atoms with Gasteiger partial charge in [-0.2, -0.15) is 0 Å². The van der Waals surface area contributed by atoms with Crippen molar-refractivity contribution in [2.45, 2.75) is 58.9 Å². The van der Waals surface area contributed by atoms with Gasteiger partial charge in [-0.15, -0.1) is 0 Å². The highest BCUT2D eigenvalue weighted by molar-refractivity contribution is 6.31. The van der Waals surface area contributed by atoms with Gasteiger partial charge in [-0.05, 0) is 37.1 Å². The maximum absolute atomic E-state index is 6.36. The van der Waals surface area contributed by atoms with Gasteiger partial charge in [0, 0.05) is 11.1 Å². The van der Waals surface area contributed by atoms with E-state index in [2.05, 4.69) is 44.3 Å². The summed E-state index contributed by atoms with van der Waals surface area (Å²) in [5, 5.41) is 4.45. The lowest BCUT2D eigenvalue weighted by molar-refractivity contribution is 0.482. The normalized spacial score (nSPS) is 12.7. The lowest BCUT2D eigenvalue weighted by Gasteiger charge is -2.20. The first kappa shape index (κ1) is 15.5. The maximum Gasteiger partial charge on any atom is 0.0456 e. The SMILES string of the molecule is CCCCCCC(NCC)c1ccc(C)cc1Cl. The van der Waals surface area contributed by atoms with Crippen LogP contribution in [0.25, 0.3) is 0 Å². The summed E-state index contributed by atoms with van der Waals surface area (Å²) in [6.45, 7) is 7.47. The predicted octanol–water partition coefficient (Wildman–Crippen LogP) is 5.27. The van der Waals surface area contributed by atoms with E-state index in [1.54, 1.807) is 0 Å². The minimum absolute atomic E-state index is 0.403. The van der Waals surface area contributed by atoms with E-state index in [1.165, 1.54) is 43.2 Å². The first-order chi connectivity index (χ1) is 8.69. The summed E-state index contributed by atoms with van der Waals surface area (Å²) in [5.74, 6) is 0. The zero-order valence-electron chi connectivity index (χ0n) is 11.9. The van der Waals surface area contributed by atoms with Gasteiger partial charge >= 0.3 is 0 Å². The molecule has 0 amide bonds. The molecule has 102 valence electrons. The molecular formula is C16H26ClN. The zero-order chi connectivity index (χ0) is 13.4. The molecule has 0 spiro atoms. The van der Waals surface area contributed by atoms with Crippen LogP contribution in [0.3, 0.4) is 0 Å². The van der Waals surface area contributed by atoms with Gasteiger partial charge in [0.25, 0.3) is 0 Å². The second-order valence-corrected chi connectivity index (χ2v) is 5.39. The van der Waals surface area contributed by atoms with Crippen LogP contribution in [0.2, 0.25) is 5.02 Å². The molecule has 0 fully saturated rings. The summed E-state index contributed by atoms with van der Waals surface area (Å²) in [4.78, 5) is 0. The summed E-state index contributed by atoms with van der Waals surface area (Å²) in [6.07, 6.45) is 6.39. The number of rotatable bonds is 8. The van der Waals surface area contributed by atoms with E-state index in [0.717, 1.165) is 11.6 Å². The largest absolute Gasteiger partial charge is 0.310 e. The smallest absolute Gasteiger partial charge is 0.0456 e. The lowest BCUT2D eigenvalue weighted by Crippen LogP contribution is -2.21. The number of hydrogen-bond donors (Lipinski definition) is 1. The Hall–Kier alpha value is -0.530. The third-order valence-electron chi connectivity index (χ3n) is 3.33. The van der Waals surface area contributed by atoms with Crippen molar-refractivity contribution in [2.24, 2.45) is 0 Å². The monoisotopic (exact) mass is 267 g/mol. The summed E-state index contributed by atoms with van der Waals surface area (Å²) in [5.41, 5.74) is 2.48. The van der Waals surface area contributed by atoms with Gasteiger partial charge in [0.15, 0.2) is 0 Å². The van der Waals surface area contributed by atoms with E-state index < -0.39 is 0 Å². The Labute approximate surface area is 117 Å². The molecule has 1 aromatic rings. The average molecular weight is 268 g/mol. The maximum atomic E-state index is 6.36. The fourth-order valence-electron chi connectivity index (χ4n) is 2.30. The minimum Gasteiger partial charge on any atom is -0.310 e. The second kappa shape index (κ2) is 8.55. The number of nitrogens with one attached hydrogen (secondary N) is 1. The Kier molecular flexibility index (Phi) is 7.38. The van der Waals surface area contributed by atoms with Gasteiger partial charge in [-0.3, -0.25) is 0 Å². The molecule has 0 heterocycles. The quantitative estimate of drug-likeness (QED) is 0.633. The molecule has 0 aliphatic rings. The molecule has 0 aliphatic heterocycles. The van der Waals surface area contributed by atoms with Crippen molar-refractivity contribution in [1.29, 1.82) is 0 Å². The highest BCUT2D eigenvalue weighted by Crippen LogP contribution is 2.27. The van der Waals surface area contributed by atoms with E-state index in [9.17, 15) is 0 Å². The minimum atomic E-state index is 0.403. The number of benzene rings is 1. The molecule has 0 bridgehead atoms. The summed E-state index contributed by atoms with van der Waals surface area (Å²) in [6, 6.07) is 6.79. The van der Waals surface area contributed by atoms with Crippen molar-refractivity contribution in [3.8, 4) is 0 Å². The van der Waals surface area contributed by atoms with Crippen molar-refractivity contribution >= 4 is 11.6 Å². The standard InChI is InChI=1S/C16H26ClN/c1-4-6-7-8-9-16(18-5-2)14-11-10-13(3)12-15(14)17/h10-12,16,18H,4-9H2,1-3H3. The molecule has 0 aromatic heterocycles. The topological polar surface area (TPSA) is 12.0 Å². The van der Waals surface area contributed by atoms with Crippen molar-refractivity contribution in [1.82, 2.24) is 5.32 Å². The molecule has 1 nitrogen and oxygen atoms in total. The molecule has 1 unspecified atom stereocenters. The van der Waals surface area contributed by atoms with Crippen molar-refractivity contribution in [3.05, 3.63) is 34.3 Å². The predicted molar refractivity (Wildman–Crippen MR) is 81.4 cm³/mol. The molecule has 1 rings (SSSR count). The Morgan fingerprint density at radius 1 is 1.17 bits per heavy atom. The van der Waals surface area contributed by atoms with Gasteiger partial charge < -0.3 is 5.32 Å². The Bertz CT molecular complexity index is 349. The molecule has 0 radical (unpaired) electrons. The zero-order valence-corrected chi connectivity index (χ0v) is 12.7. The number of unbranched alkanes of at least 4 members (excludes halogenated alkanes) is 3. The molecule has 0 aliphatic carbocycles. The van der Waals surface area contributed by atoms with Crippen LogP contribution in [0.1, 0.15) is 63.1 Å². The van der Waals surface area contributed by atoms with Crippen LogP contribution in [0.15, 0.2) is 18.2 Å². The highest BCUT2D eigenvalue weighted by Gasteiger charge is 2.13. The van der Waals surface area contributed by atoms with E-state index in [1.807, 2.05) is 0 Å². The molecule has 18 heavy (non-hydrogen) atoms. The summed E-state index contributed by atoms with van der Waals surface area (Å²) >= 11 is 6.36. The average Bonchev–Trinajstić information content (AvgIpc) is 2.34. The fourth-order valence-corrected chi connectivity index (χ4v) is 2.67. The Balaban J connectivity index is 2.64. The van der Waals surface area contributed by atoms with Crippen LogP contribution < -0.4 is 5.32 Å². The van der Waals surface area contributed by atoms with Gasteiger partial charge in [0.1, 0.15) is 0 Å². The van der Waals surface area contributed by atoms with Crippen molar-refractivity contribution in [2.75, 3.05) is 6.54 Å². The molecule has 0 saturated heterocycles. The lowest BCUT2D eigenvalue weighted by atomic mass is 9.99. The molecular weight excluding hydrogens is 242 g/mol. The summed E-state index contributed by atoms with van der Waals surface area (Å²) in [7, 11) is 0. The van der Waals surface area contributed by atoms with Crippen molar-refractivity contribution in [3.63, 3.8) is 0 Å². The number of halogens is 1. The highest BCUT2D eigenvalue weighted by atomic mass is 35.5. The third kappa shape index (κ3) is 4.99. The van der Waals surface area contributed by atoms with Crippen LogP contribution in [-0.2, 0) is 0 Å². The van der Waals surface area contributed by atoms with Gasteiger partial charge in [-0.25, -0.2) is 0 Å². The van der Waals surface area contributed by atoms with Crippen LogP contribution in [0.5, 0.6) is 0 Å². The fraction of sp³-hybridized carbons (Fsp3) is 0.625. The van der Waals surface area contributed by atoms with Crippen LogP contribution >= 0.6 is 11.6 Å². The first-order valence-corrected chi connectivity index (χ1v) is 7.56. The van der Waals surface area contributed by atoms with Crippen LogP contribution in [0, 0.1) is 6.92 Å². The van der Waals surface area contributed by atoms with Gasteiger partial charge in [-0.1, -0.05) is 63.3 Å². The van der Waals surface area contributed by atoms with Crippen molar-refractivity contribution < 1.29 is 0 Å². The van der Waals surface area contributed by atoms with E-state index in [4.69, 9.17) is 11.6 Å². The third-order valence-corrected chi connectivity index (χ3v) is 3.66. The molecule has 1 N–H and O–H groups in total. The molecule has 1 atom stereocenters. The van der Waals surface area contributed by atoms with Gasteiger partial charge in [0.05, 0.1) is 0 Å². The Morgan fingerprint density at radius 2 is 1.94 bits per heavy atom. The van der Waals surface area contributed by atoms with E-state index in [0.29, 0.717) is 6.04 Å². The molecule has 0 saturated carbocycles. The van der Waals surface area contributed by atoms with E-state index in [-0.39, 0.29) is 0 Å². The molecule has 1 aromatic carbocycles. The van der Waals surface area contributed by atoms with E-state index >= 15 is 0 Å².